The third-order valence-electron chi connectivity index (χ3n) is 16.9. The second-order valence-corrected chi connectivity index (χ2v) is 25.2. The topological polar surface area (TPSA) is 280 Å². The van der Waals surface area contributed by atoms with E-state index < -0.39 is 108 Å². The first-order valence-corrected chi connectivity index (χ1v) is 31.9. The summed E-state index contributed by atoms with van der Waals surface area (Å²) >= 11 is 1.37. The second-order valence-electron chi connectivity index (χ2n) is 24.1. The molecular weight excluding hydrogens is 1140 g/mol. The molecule has 22 nitrogen and oxygen atoms in total. The van der Waals surface area contributed by atoms with E-state index in [9.17, 15) is 53.1 Å². The number of nitrogens with one attached hydrogen (secondary N) is 4. The van der Waals surface area contributed by atoms with Crippen molar-refractivity contribution in [1.29, 1.82) is 0 Å². The molecule has 0 saturated carbocycles. The first-order valence-electron chi connectivity index (χ1n) is 30.6. The fourth-order valence-electron chi connectivity index (χ4n) is 11.6. The number of carboxylic acid groups (broad SMARTS) is 1. The number of benzene rings is 2. The molecule has 2 saturated heterocycles. The third-order valence-corrected chi connectivity index (χ3v) is 17.9. The minimum atomic E-state index is -1.18. The SMILES string of the molecule is CC[C@H](C)[C@@H]([C@@H](CC(=O)N1CCC[C@H]1[C@H](OC)[C@@H](C)C(=O)N[C@@H](Cc1ccccc1)C(=O)O)OC)N(C)C(=O)[C@@H](NC(=O)[C@H](C(C)C)N(C)C(=O)OCc1ccc(NCN[C@H](C(=O)C(=O)CCCCCN2C(=O)CC(SC)C2=O)C(C)C)cc1)C(C)C. The van der Waals surface area contributed by atoms with Gasteiger partial charge in [-0.3, -0.25) is 53.5 Å². The van der Waals surface area contributed by atoms with Gasteiger partial charge < -0.3 is 45.1 Å². The Morgan fingerprint density at radius 3 is 2.00 bits per heavy atom. The highest BCUT2D eigenvalue weighted by Crippen LogP contribution is 2.31. The van der Waals surface area contributed by atoms with Crippen LogP contribution in [0, 0.1) is 29.6 Å². The van der Waals surface area contributed by atoms with Crippen molar-refractivity contribution in [2.24, 2.45) is 29.6 Å². The highest BCUT2D eigenvalue weighted by Gasteiger charge is 2.44. The van der Waals surface area contributed by atoms with E-state index >= 15 is 0 Å². The van der Waals surface area contributed by atoms with Crippen molar-refractivity contribution < 1.29 is 67.3 Å². The van der Waals surface area contributed by atoms with Gasteiger partial charge in [0.1, 0.15) is 24.7 Å². The van der Waals surface area contributed by atoms with E-state index in [1.54, 1.807) is 92.4 Å². The maximum Gasteiger partial charge on any atom is 0.410 e. The Labute approximate surface area is 519 Å². The van der Waals surface area contributed by atoms with Gasteiger partial charge in [0.2, 0.25) is 41.2 Å². The number of carbonyl (C=O) groups is 10. The lowest BCUT2D eigenvalue weighted by atomic mass is 9.89. The molecule has 23 heteroatoms. The summed E-state index contributed by atoms with van der Waals surface area (Å²) in [5.41, 5.74) is 2.11. The molecule has 11 atom stereocenters. The van der Waals surface area contributed by atoms with Crippen molar-refractivity contribution in [3.63, 3.8) is 0 Å². The Balaban J connectivity index is 1.32. The van der Waals surface area contributed by atoms with E-state index in [1.807, 2.05) is 47.6 Å². The zero-order chi connectivity index (χ0) is 64.8. The number of carbonyl (C=O) groups excluding carboxylic acids is 9. The van der Waals surface area contributed by atoms with Crippen LogP contribution in [0.15, 0.2) is 54.6 Å². The summed E-state index contributed by atoms with van der Waals surface area (Å²) in [5, 5.41) is 21.6. The van der Waals surface area contributed by atoms with Crippen molar-refractivity contribution in [2.45, 2.75) is 187 Å². The van der Waals surface area contributed by atoms with Gasteiger partial charge >= 0.3 is 12.1 Å². The molecule has 2 aliphatic heterocycles. The van der Waals surface area contributed by atoms with Crippen LogP contribution in [-0.2, 0) is 70.4 Å². The lowest BCUT2D eigenvalue weighted by molar-refractivity contribution is -0.148. The molecule has 2 fully saturated rings. The number of nitrogens with zero attached hydrogens (tertiary/aromatic N) is 4. The molecule has 87 heavy (non-hydrogen) atoms. The van der Waals surface area contributed by atoms with Crippen molar-refractivity contribution >= 4 is 76.5 Å². The number of likely N-dealkylation sites (tertiary alicyclic amines) is 2. The van der Waals surface area contributed by atoms with Crippen molar-refractivity contribution in [1.82, 2.24) is 35.6 Å². The largest absolute Gasteiger partial charge is 0.480 e. The van der Waals surface area contributed by atoms with Gasteiger partial charge in [-0.2, -0.15) is 11.8 Å². The molecule has 4 rings (SSSR count). The molecule has 0 spiro atoms. The number of aliphatic carboxylic acids is 1. The van der Waals surface area contributed by atoms with E-state index in [4.69, 9.17) is 14.2 Å². The summed E-state index contributed by atoms with van der Waals surface area (Å²) in [4.78, 5) is 140. The Kier molecular flexibility index (Phi) is 29.8. The molecule has 7 amide bonds. The first kappa shape index (κ1) is 73.0. The van der Waals surface area contributed by atoms with Crippen LogP contribution < -0.4 is 21.3 Å². The first-order chi connectivity index (χ1) is 41.2. The number of hydrogen-bond acceptors (Lipinski definition) is 16. The summed E-state index contributed by atoms with van der Waals surface area (Å²) in [6, 6.07) is 11.0. The Bertz CT molecular complexity index is 2630. The molecule has 0 aliphatic carbocycles. The minimum absolute atomic E-state index is 0.0736. The number of hydrogen-bond donors (Lipinski definition) is 5. The highest BCUT2D eigenvalue weighted by molar-refractivity contribution is 8.00. The number of carboxylic acids is 1. The van der Waals surface area contributed by atoms with Crippen LogP contribution in [0.1, 0.15) is 131 Å². The van der Waals surface area contributed by atoms with Gasteiger partial charge in [-0.1, -0.05) is 118 Å². The standard InChI is InChI=1S/C64H98N8O14S/c1-15-41(8)56(49(84-12)34-51(74)71-32-22-25-47(71)58(85-13)42(9)59(77)67-46(63(81)82)33-43-23-18-16-19-24-43)69(10)62(80)54(39(4)5)68-60(78)55(40(6)7)70(11)64(83)86-36-44-27-29-45(30-28-44)65-37-66-53(38(2)3)57(76)48(73)26-20-17-21-31-72-52(75)35-50(87-14)61(72)79/h16,18-19,23-24,27-30,38-42,46-47,49-50,53-56,58,65-66H,15,17,20-22,25-26,31-37H2,1-14H3,(H,67,77)(H,68,78)(H,81,82)/t41-,42+,46-,47-,49+,50?,53-,54-,55-,56-,58+/m0/s1. The van der Waals surface area contributed by atoms with Gasteiger partial charge in [-0.05, 0) is 78.9 Å². The molecule has 2 aromatic rings. The lowest BCUT2D eigenvalue weighted by Crippen LogP contribution is -2.60. The molecule has 0 aromatic heterocycles. The highest BCUT2D eigenvalue weighted by atomic mass is 32.2. The quantitative estimate of drug-likeness (QED) is 0.0214. The third kappa shape index (κ3) is 20.6. The minimum Gasteiger partial charge on any atom is -0.480 e. The maximum atomic E-state index is 14.7. The number of ketones is 2. The second kappa shape index (κ2) is 35.5. The van der Waals surface area contributed by atoms with Crippen LogP contribution in [0.2, 0.25) is 0 Å². The van der Waals surface area contributed by atoms with Gasteiger partial charge in [-0.25, -0.2) is 9.59 Å². The van der Waals surface area contributed by atoms with Crippen LogP contribution in [0.4, 0.5) is 10.5 Å². The van der Waals surface area contributed by atoms with E-state index in [-0.39, 0.29) is 73.8 Å². The van der Waals surface area contributed by atoms with E-state index in [1.165, 1.54) is 42.8 Å². The zero-order valence-corrected chi connectivity index (χ0v) is 54.4. The van der Waals surface area contributed by atoms with Gasteiger partial charge in [0.05, 0.1) is 54.6 Å². The molecule has 5 N–H and O–H groups in total. The monoisotopic (exact) mass is 1230 g/mol. The van der Waals surface area contributed by atoms with Gasteiger partial charge in [0.15, 0.2) is 5.78 Å². The number of imide groups is 1. The average molecular weight is 1240 g/mol. The predicted molar refractivity (Wildman–Crippen MR) is 333 cm³/mol. The van der Waals surface area contributed by atoms with E-state index in [2.05, 4.69) is 21.3 Å². The average Bonchev–Trinajstić information content (AvgIpc) is 2.65. The van der Waals surface area contributed by atoms with Crippen LogP contribution in [-0.4, -0.2) is 192 Å². The summed E-state index contributed by atoms with van der Waals surface area (Å²) in [5.74, 6) is -6.21. The van der Waals surface area contributed by atoms with Gasteiger partial charge in [-0.15, -0.1) is 0 Å². The van der Waals surface area contributed by atoms with Crippen LogP contribution in [0.5, 0.6) is 0 Å². The molecule has 2 heterocycles. The molecular formula is C64H98N8O14S. The molecule has 2 aliphatic rings. The van der Waals surface area contributed by atoms with E-state index in [0.717, 1.165) is 5.56 Å². The fraction of sp³-hybridized carbons (Fsp3) is 0.656. The van der Waals surface area contributed by atoms with Gasteiger partial charge in [0, 0.05) is 66.4 Å². The smallest absolute Gasteiger partial charge is 0.410 e. The number of ether oxygens (including phenoxy) is 3. The Hall–Kier alpha value is -6.43. The summed E-state index contributed by atoms with van der Waals surface area (Å²) in [6.45, 7) is 17.3. The number of rotatable bonds is 37. The fourth-order valence-corrected chi connectivity index (χ4v) is 12.3. The number of methoxy groups -OCH3 is 2. The Morgan fingerprint density at radius 1 is 0.782 bits per heavy atom. The summed E-state index contributed by atoms with van der Waals surface area (Å²) in [6.07, 6.45) is 3.21. The number of likely N-dealkylation sites (N-methyl/N-ethyl adjacent to an activating group) is 2. The number of Topliss-reactive ketones (excluding diaryl/α,β-unsaturated/α-hetero) is 2. The van der Waals surface area contributed by atoms with Crippen molar-refractivity contribution in [3.05, 3.63) is 65.7 Å². The molecule has 0 radical (unpaired) electrons. The lowest BCUT2D eigenvalue weighted by Gasteiger charge is -2.41. The zero-order valence-electron chi connectivity index (χ0n) is 53.6. The van der Waals surface area contributed by atoms with Gasteiger partial charge in [0.25, 0.3) is 0 Å². The van der Waals surface area contributed by atoms with Crippen LogP contribution in [0.25, 0.3) is 0 Å². The van der Waals surface area contributed by atoms with Crippen molar-refractivity contribution in [2.75, 3.05) is 59.6 Å². The van der Waals surface area contributed by atoms with Crippen LogP contribution >= 0.6 is 11.8 Å². The normalized spacial score (nSPS) is 18.3. The molecule has 2 aromatic carbocycles. The van der Waals surface area contributed by atoms with Crippen LogP contribution in [0.3, 0.4) is 0 Å². The van der Waals surface area contributed by atoms with Crippen molar-refractivity contribution in [3.8, 4) is 0 Å². The maximum absolute atomic E-state index is 14.7. The predicted octanol–water partition coefficient (Wildman–Crippen LogP) is 6.33. The molecule has 484 valence electrons. The number of anilines is 1. The molecule has 1 unspecified atom stereocenters. The molecule has 0 bridgehead atoms. The Morgan fingerprint density at radius 2 is 1.44 bits per heavy atom. The van der Waals surface area contributed by atoms with E-state index in [0.29, 0.717) is 62.9 Å². The number of unbranched alkanes of at least 4 members (excludes halogenated alkanes) is 2. The number of amides is 7. The number of thioether (sulfide) groups is 1. The summed E-state index contributed by atoms with van der Waals surface area (Å²) in [7, 11) is 6.06. The summed E-state index contributed by atoms with van der Waals surface area (Å²) < 4.78 is 17.7.